The molecule has 0 spiro atoms. The molecule has 0 aromatic heterocycles. The van der Waals surface area contributed by atoms with Gasteiger partial charge in [0.05, 0.1) is 18.2 Å². The molecule has 2 aromatic carbocycles. The largest absolute Gasteiger partial charge is 0.492 e. The van der Waals surface area contributed by atoms with Crippen molar-refractivity contribution in [3.63, 3.8) is 0 Å². The van der Waals surface area contributed by atoms with Gasteiger partial charge in [0.1, 0.15) is 36.6 Å². The van der Waals surface area contributed by atoms with Gasteiger partial charge < -0.3 is 34.2 Å². The fourth-order valence-electron chi connectivity index (χ4n) is 9.16. The van der Waals surface area contributed by atoms with Crippen molar-refractivity contribution < 1.29 is 38.4 Å². The summed E-state index contributed by atoms with van der Waals surface area (Å²) in [6.45, 7) is 10.7. The van der Waals surface area contributed by atoms with Gasteiger partial charge >= 0.3 is 0 Å². The number of rotatable bonds is 21. The summed E-state index contributed by atoms with van der Waals surface area (Å²) in [7, 11) is 0. The van der Waals surface area contributed by atoms with E-state index in [4.69, 9.17) is 24.2 Å². The summed E-state index contributed by atoms with van der Waals surface area (Å²) in [4.78, 5) is 24.7. The Morgan fingerprint density at radius 3 is 2.55 bits per heavy atom. The van der Waals surface area contributed by atoms with Gasteiger partial charge in [0.2, 0.25) is 11.7 Å². The van der Waals surface area contributed by atoms with Crippen molar-refractivity contribution in [1.82, 2.24) is 9.80 Å². The Hall–Kier alpha value is -3.77. The van der Waals surface area contributed by atoms with E-state index in [0.29, 0.717) is 38.2 Å². The average Bonchev–Trinajstić information content (AvgIpc) is 4.14. The summed E-state index contributed by atoms with van der Waals surface area (Å²) in [5.41, 5.74) is 3.62. The predicted molar refractivity (Wildman–Crippen MR) is 208 cm³/mol. The van der Waals surface area contributed by atoms with E-state index >= 15 is 0 Å². The van der Waals surface area contributed by atoms with Crippen LogP contribution in [0.25, 0.3) is 0 Å². The second-order valence-electron chi connectivity index (χ2n) is 15.7. The molecule has 55 heavy (non-hydrogen) atoms. The molecular formula is C44H58FN3O7. The molecule has 2 aromatic rings. The van der Waals surface area contributed by atoms with Crippen molar-refractivity contribution in [2.45, 2.75) is 89.0 Å². The van der Waals surface area contributed by atoms with E-state index < -0.39 is 11.8 Å². The highest BCUT2D eigenvalue weighted by molar-refractivity contribution is 6.03. The second-order valence-corrected chi connectivity index (χ2v) is 15.7. The monoisotopic (exact) mass is 759 g/mol. The van der Waals surface area contributed by atoms with E-state index in [9.17, 15) is 19.4 Å². The van der Waals surface area contributed by atoms with Gasteiger partial charge in [-0.2, -0.15) is 0 Å². The van der Waals surface area contributed by atoms with E-state index in [1.807, 2.05) is 24.0 Å². The molecule has 3 aliphatic carbocycles. The Bertz CT molecular complexity index is 1690. The van der Waals surface area contributed by atoms with Crippen LogP contribution in [0.2, 0.25) is 0 Å². The Labute approximate surface area is 324 Å². The van der Waals surface area contributed by atoms with E-state index in [2.05, 4.69) is 23.6 Å². The lowest BCUT2D eigenvalue weighted by molar-refractivity contribution is -0.258. The molecule has 1 saturated heterocycles. The van der Waals surface area contributed by atoms with Crippen LogP contribution in [0, 0.1) is 29.5 Å². The number of ether oxygens (including phenoxy) is 3. The zero-order chi connectivity index (χ0) is 38.4. The first-order valence-corrected chi connectivity index (χ1v) is 20.5. The number of aliphatic hydroxyl groups is 2. The molecule has 11 heteroatoms. The summed E-state index contributed by atoms with van der Waals surface area (Å²) in [5.74, 6) is -0.515. The number of halogens is 1. The molecule has 2 saturated carbocycles. The number of hydrogen-bond acceptors (Lipinski definition) is 9. The van der Waals surface area contributed by atoms with Gasteiger partial charge in [-0.25, -0.2) is 4.39 Å². The molecule has 298 valence electrons. The maximum absolute atomic E-state index is 14.6. The van der Waals surface area contributed by atoms with Crippen LogP contribution in [0.1, 0.15) is 81.8 Å². The Morgan fingerprint density at radius 2 is 1.85 bits per heavy atom. The van der Waals surface area contributed by atoms with Crippen molar-refractivity contribution in [1.29, 1.82) is 0 Å². The number of benzene rings is 2. The SMILES string of the molecule is C=CCO[C@@]12Oc3ccc(OCCN4CC4)cc3[C@H]3[C@H](CCCCO)[C@@H](CCCCO)C=C(C(=NOCC)C[C@@H]1N(Cc1ccc(F)cc1)C(=O)C1CC1)[C@H]32. The van der Waals surface area contributed by atoms with Crippen LogP contribution >= 0.6 is 0 Å². The molecule has 1 amide bonds. The van der Waals surface area contributed by atoms with Gasteiger partial charge in [-0.3, -0.25) is 9.69 Å². The van der Waals surface area contributed by atoms with Crippen LogP contribution in [-0.2, 0) is 20.9 Å². The first-order valence-electron chi connectivity index (χ1n) is 20.5. The van der Waals surface area contributed by atoms with Gasteiger partial charge in [0.25, 0.3) is 0 Å². The number of fused-ring (bicyclic) bond motifs is 2. The molecule has 2 aliphatic heterocycles. The number of unbranched alkanes of at least 4 members (excludes halogenated alkanes) is 2. The number of carbonyl (C=O) groups excluding carboxylic acids is 1. The number of amides is 1. The van der Waals surface area contributed by atoms with E-state index in [0.717, 1.165) is 86.3 Å². The number of allylic oxidation sites excluding steroid dienone is 1. The van der Waals surface area contributed by atoms with Gasteiger partial charge in [0, 0.05) is 63.2 Å². The lowest BCUT2D eigenvalue weighted by atomic mass is 9.55. The molecule has 5 aliphatic rings. The highest BCUT2D eigenvalue weighted by Crippen LogP contribution is 2.62. The molecule has 0 unspecified atom stereocenters. The predicted octanol–water partition coefficient (Wildman–Crippen LogP) is 6.61. The normalized spacial score (nSPS) is 27.4. The first kappa shape index (κ1) is 39.5. The maximum atomic E-state index is 14.6. The minimum atomic E-state index is -1.33. The van der Waals surface area contributed by atoms with E-state index in [-0.39, 0.29) is 67.7 Å². The average molecular weight is 760 g/mol. The zero-order valence-corrected chi connectivity index (χ0v) is 32.3. The third-order valence-corrected chi connectivity index (χ3v) is 12.0. The van der Waals surface area contributed by atoms with Crippen LogP contribution < -0.4 is 9.47 Å². The van der Waals surface area contributed by atoms with Gasteiger partial charge in [-0.15, -0.1) is 6.58 Å². The summed E-state index contributed by atoms with van der Waals surface area (Å²) in [6.07, 6.45) is 10.9. The van der Waals surface area contributed by atoms with E-state index in [1.54, 1.807) is 18.2 Å². The Kier molecular flexibility index (Phi) is 12.9. The zero-order valence-electron chi connectivity index (χ0n) is 32.3. The summed E-state index contributed by atoms with van der Waals surface area (Å²) >= 11 is 0. The topological polar surface area (TPSA) is 113 Å². The van der Waals surface area contributed by atoms with E-state index in [1.165, 1.54) is 12.1 Å². The van der Waals surface area contributed by atoms with Gasteiger partial charge in [-0.05, 0) is 98.8 Å². The van der Waals surface area contributed by atoms with Crippen LogP contribution in [-0.4, -0.2) is 96.1 Å². The molecule has 10 nitrogen and oxygen atoms in total. The van der Waals surface area contributed by atoms with Gasteiger partial charge in [0.15, 0.2) is 0 Å². The second kappa shape index (κ2) is 18.0. The number of hydrogen-bond donors (Lipinski definition) is 2. The van der Waals surface area contributed by atoms with Crippen LogP contribution in [0.15, 0.2) is 71.9 Å². The van der Waals surface area contributed by atoms with Gasteiger partial charge in [-0.1, -0.05) is 42.3 Å². The Morgan fingerprint density at radius 1 is 1.09 bits per heavy atom. The van der Waals surface area contributed by atoms with Crippen molar-refractivity contribution >= 4 is 11.6 Å². The number of nitrogens with zero attached hydrogens (tertiary/aromatic N) is 3. The minimum absolute atomic E-state index is 0.0253. The molecule has 3 fully saturated rings. The molecule has 6 atom stereocenters. The molecule has 0 radical (unpaired) electrons. The Balaban J connectivity index is 1.41. The first-order chi connectivity index (χ1) is 26.9. The van der Waals surface area contributed by atoms with Crippen molar-refractivity contribution in [2.75, 3.05) is 52.7 Å². The summed E-state index contributed by atoms with van der Waals surface area (Å²) < 4.78 is 34.9. The molecule has 7 rings (SSSR count). The maximum Gasteiger partial charge on any atom is 0.239 e. The van der Waals surface area contributed by atoms with Crippen LogP contribution in [0.4, 0.5) is 4.39 Å². The lowest BCUT2D eigenvalue weighted by Gasteiger charge is -2.60. The molecular weight excluding hydrogens is 701 g/mol. The third-order valence-electron chi connectivity index (χ3n) is 12.0. The standard InChI is InChI=1S/C44H58FN3O7/c1-3-24-53-44-40(48(43(51)31-13-14-31)29-30-11-15-33(45)16-12-30)28-38(46-54-4-2)36-26-32(9-5-7-22-49)35(10-6-8-23-50)41(42(36)44)37-27-34(17-18-39(37)55-44)52-25-21-47-19-20-47/h3,11-12,15-18,26-27,31-32,35,40-42,49-50H,1,4-10,13-14,19-25,28-29H2,2H3/t32-,35+,40-,41+,42+,44+/m0/s1. The fraction of sp³-hybridized carbons (Fsp3) is 0.591. The van der Waals surface area contributed by atoms with Crippen molar-refractivity contribution in [2.24, 2.45) is 28.8 Å². The quantitative estimate of drug-likeness (QED) is 0.0633. The molecule has 2 N–H and O–H groups in total. The van der Waals surface area contributed by atoms with Crippen molar-refractivity contribution in [3.8, 4) is 11.5 Å². The lowest BCUT2D eigenvalue weighted by Crippen LogP contribution is -2.70. The summed E-state index contributed by atoms with van der Waals surface area (Å²) in [5, 5.41) is 24.5. The smallest absolute Gasteiger partial charge is 0.239 e. The fourth-order valence-corrected chi connectivity index (χ4v) is 9.16. The summed E-state index contributed by atoms with van der Waals surface area (Å²) in [6, 6.07) is 11.8. The minimum Gasteiger partial charge on any atom is -0.492 e. The number of carbonyl (C=O) groups is 1. The van der Waals surface area contributed by atoms with Crippen molar-refractivity contribution in [3.05, 3.63) is 83.7 Å². The van der Waals surface area contributed by atoms with Crippen LogP contribution in [0.3, 0.4) is 0 Å². The third kappa shape index (κ3) is 8.80. The highest BCUT2D eigenvalue weighted by Gasteiger charge is 2.66. The van der Waals surface area contributed by atoms with Crippen LogP contribution in [0.5, 0.6) is 11.5 Å². The highest BCUT2D eigenvalue weighted by atomic mass is 19.1. The molecule has 0 bridgehead atoms. The number of aliphatic hydroxyl groups excluding tert-OH is 2. The molecule has 2 heterocycles. The number of oxime groups is 1.